The minimum absolute atomic E-state index is 0.0629. The maximum Gasteiger partial charge on any atom is 0.246 e. The summed E-state index contributed by atoms with van der Waals surface area (Å²) in [6.45, 7) is 0.566. The molecule has 5 nitrogen and oxygen atoms in total. The van der Waals surface area contributed by atoms with Crippen LogP contribution in [0.15, 0.2) is 23.2 Å². The zero-order valence-electron chi connectivity index (χ0n) is 9.83. The summed E-state index contributed by atoms with van der Waals surface area (Å²) in [5, 5.41) is 0. The summed E-state index contributed by atoms with van der Waals surface area (Å²) < 4.78 is 25.8. The maximum absolute atomic E-state index is 12.2. The van der Waals surface area contributed by atoms with Crippen molar-refractivity contribution in [2.24, 2.45) is 5.92 Å². The molecule has 1 aromatic rings. The van der Waals surface area contributed by atoms with Crippen molar-refractivity contribution < 1.29 is 8.42 Å². The Morgan fingerprint density at radius 1 is 1.53 bits per heavy atom. The van der Waals surface area contributed by atoms with Crippen LogP contribution >= 0.6 is 0 Å². The van der Waals surface area contributed by atoms with E-state index in [0.29, 0.717) is 12.5 Å². The second-order valence-corrected chi connectivity index (χ2v) is 6.48. The molecule has 0 aromatic carbocycles. The second kappa shape index (κ2) is 4.62. The molecule has 1 fully saturated rings. The number of nitrogens with two attached hydrogens (primary N) is 1. The summed E-state index contributed by atoms with van der Waals surface area (Å²) in [5.41, 5.74) is 5.60. The Hall–Kier alpha value is -1.14. The molecular weight excluding hydrogens is 238 g/mol. The Kier molecular flexibility index (Phi) is 3.35. The molecule has 0 atom stereocenters. The van der Waals surface area contributed by atoms with Gasteiger partial charge in [-0.05, 0) is 30.9 Å². The number of pyridine rings is 1. The molecule has 94 valence electrons. The number of hydrogen-bond acceptors (Lipinski definition) is 4. The SMILES string of the molecule is CN(CC1CCC1)S(=O)(=O)c1cccnc1N. The van der Waals surface area contributed by atoms with E-state index in [9.17, 15) is 8.42 Å². The normalized spacial score (nSPS) is 17.1. The van der Waals surface area contributed by atoms with Gasteiger partial charge in [-0.2, -0.15) is 0 Å². The van der Waals surface area contributed by atoms with E-state index in [1.807, 2.05) is 0 Å². The summed E-state index contributed by atoms with van der Waals surface area (Å²) in [6.07, 6.45) is 4.92. The first-order chi connectivity index (χ1) is 8.01. The highest BCUT2D eigenvalue weighted by Gasteiger charge is 2.28. The van der Waals surface area contributed by atoms with Gasteiger partial charge < -0.3 is 5.73 Å². The molecule has 1 heterocycles. The first-order valence-electron chi connectivity index (χ1n) is 5.68. The van der Waals surface area contributed by atoms with Gasteiger partial charge in [-0.25, -0.2) is 17.7 Å². The molecule has 6 heteroatoms. The van der Waals surface area contributed by atoms with E-state index >= 15 is 0 Å². The first kappa shape index (κ1) is 12.3. The molecule has 1 saturated carbocycles. The highest BCUT2D eigenvalue weighted by molar-refractivity contribution is 7.89. The van der Waals surface area contributed by atoms with Crippen LogP contribution in [0.1, 0.15) is 19.3 Å². The van der Waals surface area contributed by atoms with E-state index in [0.717, 1.165) is 12.8 Å². The van der Waals surface area contributed by atoms with Crippen molar-refractivity contribution >= 4 is 15.8 Å². The van der Waals surface area contributed by atoms with Crippen LogP contribution in [-0.4, -0.2) is 31.3 Å². The summed E-state index contributed by atoms with van der Waals surface area (Å²) in [5.74, 6) is 0.556. The number of anilines is 1. The lowest BCUT2D eigenvalue weighted by Gasteiger charge is -2.29. The molecule has 0 amide bonds. The van der Waals surface area contributed by atoms with Gasteiger partial charge in [0.25, 0.3) is 0 Å². The van der Waals surface area contributed by atoms with E-state index in [4.69, 9.17) is 5.73 Å². The van der Waals surface area contributed by atoms with Crippen LogP contribution in [0.2, 0.25) is 0 Å². The summed E-state index contributed by atoms with van der Waals surface area (Å²) in [7, 11) is -1.90. The number of rotatable bonds is 4. The van der Waals surface area contributed by atoms with Gasteiger partial charge in [0, 0.05) is 19.8 Å². The van der Waals surface area contributed by atoms with Gasteiger partial charge in [0.2, 0.25) is 10.0 Å². The molecule has 2 N–H and O–H groups in total. The van der Waals surface area contributed by atoms with Gasteiger partial charge >= 0.3 is 0 Å². The molecule has 0 spiro atoms. The van der Waals surface area contributed by atoms with Crippen molar-refractivity contribution in [2.45, 2.75) is 24.2 Å². The van der Waals surface area contributed by atoms with Crippen molar-refractivity contribution in [3.8, 4) is 0 Å². The molecule has 1 aliphatic carbocycles. The summed E-state index contributed by atoms with van der Waals surface area (Å²) in [4.78, 5) is 3.91. The number of nitrogens with zero attached hydrogens (tertiary/aromatic N) is 2. The Labute approximate surface area is 102 Å². The predicted octanol–water partition coefficient (Wildman–Crippen LogP) is 1.08. The van der Waals surface area contributed by atoms with Gasteiger partial charge in [-0.15, -0.1) is 0 Å². The van der Waals surface area contributed by atoms with Crippen LogP contribution in [0.3, 0.4) is 0 Å². The van der Waals surface area contributed by atoms with Crippen LogP contribution < -0.4 is 5.73 Å². The van der Waals surface area contributed by atoms with Crippen molar-refractivity contribution in [1.82, 2.24) is 9.29 Å². The Bertz CT molecular complexity index is 497. The average molecular weight is 255 g/mol. The molecule has 2 rings (SSSR count). The molecule has 0 saturated heterocycles. The van der Waals surface area contributed by atoms with Crippen LogP contribution in [0.5, 0.6) is 0 Å². The van der Waals surface area contributed by atoms with Gasteiger partial charge in [0.15, 0.2) is 0 Å². The minimum Gasteiger partial charge on any atom is -0.383 e. The lowest BCUT2D eigenvalue weighted by atomic mass is 9.86. The van der Waals surface area contributed by atoms with Crippen LogP contribution in [0, 0.1) is 5.92 Å². The van der Waals surface area contributed by atoms with Gasteiger partial charge in [-0.1, -0.05) is 6.42 Å². The molecule has 17 heavy (non-hydrogen) atoms. The molecule has 1 aliphatic rings. The predicted molar refractivity (Wildman–Crippen MR) is 65.8 cm³/mol. The van der Waals surface area contributed by atoms with E-state index in [1.165, 1.54) is 23.0 Å². The van der Waals surface area contributed by atoms with Crippen molar-refractivity contribution in [3.63, 3.8) is 0 Å². The molecule has 0 unspecified atom stereocenters. The number of sulfonamides is 1. The third-order valence-electron chi connectivity index (χ3n) is 3.23. The minimum atomic E-state index is -3.50. The monoisotopic (exact) mass is 255 g/mol. The lowest BCUT2D eigenvalue weighted by molar-refractivity contribution is 0.263. The van der Waals surface area contributed by atoms with Gasteiger partial charge in [-0.3, -0.25) is 0 Å². The number of aromatic nitrogens is 1. The van der Waals surface area contributed by atoms with Crippen LogP contribution in [-0.2, 0) is 10.0 Å². The fourth-order valence-corrected chi connectivity index (χ4v) is 3.24. The molecule has 1 aromatic heterocycles. The maximum atomic E-state index is 12.2. The van der Waals surface area contributed by atoms with E-state index in [-0.39, 0.29) is 10.7 Å². The summed E-state index contributed by atoms with van der Waals surface area (Å²) in [6, 6.07) is 3.08. The molecule has 0 bridgehead atoms. The fraction of sp³-hybridized carbons (Fsp3) is 0.545. The molecular formula is C11H17N3O2S. The third-order valence-corrected chi connectivity index (χ3v) is 5.10. The smallest absolute Gasteiger partial charge is 0.246 e. The largest absolute Gasteiger partial charge is 0.383 e. The van der Waals surface area contributed by atoms with Gasteiger partial charge in [0.1, 0.15) is 10.7 Å². The van der Waals surface area contributed by atoms with E-state index in [2.05, 4.69) is 4.98 Å². The zero-order chi connectivity index (χ0) is 12.5. The van der Waals surface area contributed by atoms with Crippen molar-refractivity contribution in [2.75, 3.05) is 19.3 Å². The highest BCUT2D eigenvalue weighted by atomic mass is 32.2. The van der Waals surface area contributed by atoms with Gasteiger partial charge in [0.05, 0.1) is 0 Å². The summed E-state index contributed by atoms with van der Waals surface area (Å²) >= 11 is 0. The topological polar surface area (TPSA) is 76.3 Å². The number of hydrogen-bond donors (Lipinski definition) is 1. The quantitative estimate of drug-likeness (QED) is 0.873. The zero-order valence-corrected chi connectivity index (χ0v) is 10.7. The van der Waals surface area contributed by atoms with E-state index < -0.39 is 10.0 Å². The Morgan fingerprint density at radius 3 is 2.76 bits per heavy atom. The molecule has 0 radical (unpaired) electrons. The lowest BCUT2D eigenvalue weighted by Crippen LogP contribution is -2.34. The molecule has 0 aliphatic heterocycles. The Balaban J connectivity index is 2.20. The first-order valence-corrected chi connectivity index (χ1v) is 7.12. The number of nitrogen functional groups attached to an aromatic ring is 1. The van der Waals surface area contributed by atoms with Crippen LogP contribution in [0.4, 0.5) is 5.82 Å². The van der Waals surface area contributed by atoms with E-state index in [1.54, 1.807) is 13.1 Å². The van der Waals surface area contributed by atoms with Crippen LogP contribution in [0.25, 0.3) is 0 Å². The highest BCUT2D eigenvalue weighted by Crippen LogP contribution is 2.29. The average Bonchev–Trinajstić information content (AvgIpc) is 2.23. The second-order valence-electron chi connectivity index (χ2n) is 4.47. The Morgan fingerprint density at radius 2 is 2.24 bits per heavy atom. The third kappa shape index (κ3) is 2.42. The van der Waals surface area contributed by atoms with Crippen molar-refractivity contribution in [3.05, 3.63) is 18.3 Å². The fourth-order valence-electron chi connectivity index (χ4n) is 1.93. The standard InChI is InChI=1S/C11H17N3O2S/c1-14(8-9-4-2-5-9)17(15,16)10-6-3-7-13-11(10)12/h3,6-7,9H,2,4-5,8H2,1H3,(H2,12,13). The van der Waals surface area contributed by atoms with Crippen molar-refractivity contribution in [1.29, 1.82) is 0 Å².